The van der Waals surface area contributed by atoms with Gasteiger partial charge in [0, 0.05) is 26.7 Å². The fourth-order valence-electron chi connectivity index (χ4n) is 0.796. The van der Waals surface area contributed by atoms with Gasteiger partial charge in [-0.2, -0.15) is 0 Å². The number of nitrogens with two attached hydrogens (primary N) is 1. The Labute approximate surface area is 91.8 Å². The van der Waals surface area contributed by atoms with Gasteiger partial charge in [-0.3, -0.25) is 0 Å². The van der Waals surface area contributed by atoms with Crippen LogP contribution < -0.4 is 10.6 Å². The summed E-state index contributed by atoms with van der Waals surface area (Å²) in [4.78, 5) is 0.133. The highest BCUT2D eigenvalue weighted by atomic mass is 15.3. The van der Waals surface area contributed by atoms with E-state index >= 15 is 0 Å². The maximum Gasteiger partial charge on any atom is 0.151 e. The highest BCUT2D eigenvalue weighted by Gasteiger charge is 2.11. The van der Waals surface area contributed by atoms with E-state index in [1.165, 1.54) is 6.07 Å². The van der Waals surface area contributed by atoms with E-state index in [-0.39, 0.29) is 10.7 Å². The Balaban J connectivity index is 2.77. The maximum atomic E-state index is 7.94. The van der Waals surface area contributed by atoms with E-state index in [4.69, 9.17) is 19.4 Å². The van der Waals surface area contributed by atoms with Crippen LogP contribution in [-0.4, -0.2) is 23.2 Å². The predicted octanol–water partition coefficient (Wildman–Crippen LogP) is 1.05. The second kappa shape index (κ2) is 3.60. The fraction of sp³-hybridized carbons (Fsp3) is 0.556. The first-order chi connectivity index (χ1) is 10.1. The summed E-state index contributed by atoms with van der Waals surface area (Å²) in [6.45, 7) is -6.51. The van der Waals surface area contributed by atoms with Crippen molar-refractivity contribution in [2.24, 2.45) is 0 Å². The molecule has 0 aromatic carbocycles. The van der Waals surface area contributed by atoms with Crippen LogP contribution in [0.4, 0.5) is 11.6 Å². The van der Waals surface area contributed by atoms with Gasteiger partial charge in [0.05, 0.1) is 0 Å². The molecule has 0 radical (unpaired) electrons. The number of rotatable bonds is 1. The summed E-state index contributed by atoms with van der Waals surface area (Å²) < 4.78 is 78.2. The average Bonchev–Trinajstić information content (AvgIpc) is 2.39. The van der Waals surface area contributed by atoms with E-state index < -0.39 is 37.9 Å². The van der Waals surface area contributed by atoms with Gasteiger partial charge in [-0.15, -0.1) is 10.2 Å². The van der Waals surface area contributed by atoms with Crippen LogP contribution in [0.25, 0.3) is 0 Å². The molecular weight excluding hydrogens is 164 g/mol. The molecule has 2 rings (SSSR count). The van der Waals surface area contributed by atoms with Crippen molar-refractivity contribution in [2.75, 3.05) is 23.6 Å². The summed E-state index contributed by atoms with van der Waals surface area (Å²) in [6, 6.07) is 2.23. The standard InChI is InChI=1S/C9H14N4/c10-8-4-5-9(12-11-8)13-6-2-1-3-7-13/h4-5H,1-3,6-7H2,(H2,10,11)/i1D2,2D2,3D2,6D2,7D2. The molecule has 0 saturated carbocycles. The van der Waals surface area contributed by atoms with Crippen molar-refractivity contribution in [3.05, 3.63) is 12.1 Å². The van der Waals surface area contributed by atoms with E-state index in [1.54, 1.807) is 0 Å². The third-order valence-electron chi connectivity index (χ3n) is 1.36. The van der Waals surface area contributed by atoms with Gasteiger partial charge in [0.1, 0.15) is 5.82 Å². The maximum absolute atomic E-state index is 7.94. The molecule has 0 spiro atoms. The summed E-state index contributed by atoms with van der Waals surface area (Å²) in [6.07, 6.45) is -10.2. The van der Waals surface area contributed by atoms with Crippen LogP contribution in [0, 0.1) is 0 Å². The van der Waals surface area contributed by atoms with E-state index in [2.05, 4.69) is 10.2 Å². The monoisotopic (exact) mass is 188 g/mol. The number of hydrogen-bond donors (Lipinski definition) is 1. The molecule has 1 fully saturated rings. The van der Waals surface area contributed by atoms with Crippen molar-refractivity contribution >= 4 is 11.6 Å². The molecule has 0 atom stereocenters. The van der Waals surface area contributed by atoms with Crippen molar-refractivity contribution < 1.29 is 13.7 Å². The lowest BCUT2D eigenvalue weighted by Crippen LogP contribution is -2.30. The van der Waals surface area contributed by atoms with Crippen LogP contribution in [0.1, 0.15) is 32.8 Å². The Hall–Kier alpha value is -1.32. The van der Waals surface area contributed by atoms with Crippen LogP contribution in [0.2, 0.25) is 0 Å². The topological polar surface area (TPSA) is 55.0 Å². The SMILES string of the molecule is [2H]C1([2H])N(c2ccc(N)nn2)C([2H])([2H])C([2H])([2H])C([2H])([2H])C1([2H])[2H]. The predicted molar refractivity (Wildman–Crippen MR) is 52.5 cm³/mol. The van der Waals surface area contributed by atoms with Gasteiger partial charge in [-0.1, -0.05) is 0 Å². The van der Waals surface area contributed by atoms with Gasteiger partial charge < -0.3 is 10.6 Å². The lowest BCUT2D eigenvalue weighted by molar-refractivity contribution is 0.571. The first kappa shape index (κ1) is 2.59. The van der Waals surface area contributed by atoms with Crippen molar-refractivity contribution in [1.29, 1.82) is 0 Å². The third-order valence-corrected chi connectivity index (χ3v) is 1.36. The highest BCUT2D eigenvalue weighted by molar-refractivity contribution is 5.41. The minimum atomic E-state index is -3.45. The molecule has 1 aromatic heterocycles. The van der Waals surface area contributed by atoms with Crippen molar-refractivity contribution in [1.82, 2.24) is 10.2 Å². The molecule has 1 saturated heterocycles. The minimum absolute atomic E-state index is 0.0479. The molecule has 0 bridgehead atoms. The molecule has 4 heteroatoms. The van der Waals surface area contributed by atoms with E-state index in [0.29, 0.717) is 0 Å². The van der Waals surface area contributed by atoms with E-state index in [0.717, 1.165) is 6.07 Å². The normalized spacial score (nSPS) is 48.2. The zero-order valence-corrected chi connectivity index (χ0v) is 6.57. The Morgan fingerprint density at radius 1 is 1.23 bits per heavy atom. The molecule has 1 aliphatic heterocycles. The molecule has 0 aliphatic carbocycles. The first-order valence-electron chi connectivity index (χ1n) is 8.52. The van der Waals surface area contributed by atoms with Crippen LogP contribution in [0.5, 0.6) is 0 Å². The first-order valence-corrected chi connectivity index (χ1v) is 3.52. The minimum Gasteiger partial charge on any atom is -0.382 e. The summed E-state index contributed by atoms with van der Waals surface area (Å²) in [5.41, 5.74) is 5.35. The third kappa shape index (κ3) is 1.88. The highest BCUT2D eigenvalue weighted by Crippen LogP contribution is 2.16. The molecular formula is C9H14N4. The Morgan fingerprint density at radius 3 is 2.62 bits per heavy atom. The molecule has 70 valence electrons. The smallest absolute Gasteiger partial charge is 0.151 e. The van der Waals surface area contributed by atoms with Gasteiger partial charge in [0.25, 0.3) is 0 Å². The van der Waals surface area contributed by atoms with Crippen molar-refractivity contribution in [3.63, 3.8) is 0 Å². The Morgan fingerprint density at radius 2 is 2.00 bits per heavy atom. The summed E-state index contributed by atoms with van der Waals surface area (Å²) in [5.74, 6) is -0.550. The number of anilines is 2. The van der Waals surface area contributed by atoms with Gasteiger partial charge in [-0.05, 0) is 31.3 Å². The van der Waals surface area contributed by atoms with Crippen LogP contribution >= 0.6 is 0 Å². The molecule has 13 heavy (non-hydrogen) atoms. The van der Waals surface area contributed by atoms with Gasteiger partial charge >= 0.3 is 0 Å². The number of piperidine rings is 1. The quantitative estimate of drug-likeness (QED) is 0.715. The number of hydrogen-bond acceptors (Lipinski definition) is 4. The van der Waals surface area contributed by atoms with Crippen LogP contribution in [0.3, 0.4) is 0 Å². The molecule has 4 nitrogen and oxygen atoms in total. The van der Waals surface area contributed by atoms with E-state index in [9.17, 15) is 0 Å². The van der Waals surface area contributed by atoms with Gasteiger partial charge in [0.2, 0.25) is 0 Å². The van der Waals surface area contributed by atoms with Crippen LogP contribution in [0.15, 0.2) is 12.1 Å². The second-order valence-electron chi connectivity index (χ2n) is 2.25. The number of nitrogen functional groups attached to an aromatic ring is 1. The lowest BCUT2D eigenvalue weighted by Gasteiger charge is -2.26. The van der Waals surface area contributed by atoms with Crippen molar-refractivity contribution in [2.45, 2.75) is 19.1 Å². The molecule has 1 aromatic rings. The second-order valence-corrected chi connectivity index (χ2v) is 2.25. The lowest BCUT2D eigenvalue weighted by atomic mass is 10.1. The van der Waals surface area contributed by atoms with Crippen LogP contribution in [-0.2, 0) is 0 Å². The molecule has 0 amide bonds. The fourth-order valence-corrected chi connectivity index (χ4v) is 0.796. The zero-order valence-electron chi connectivity index (χ0n) is 16.6. The van der Waals surface area contributed by atoms with Gasteiger partial charge in [-0.25, -0.2) is 0 Å². The Kier molecular flexibility index (Phi) is 0.717. The zero-order chi connectivity index (χ0) is 18.1. The summed E-state index contributed by atoms with van der Waals surface area (Å²) in [7, 11) is 0. The van der Waals surface area contributed by atoms with Crippen molar-refractivity contribution in [3.8, 4) is 0 Å². The van der Waals surface area contributed by atoms with Gasteiger partial charge in [0.15, 0.2) is 5.82 Å². The summed E-state index contributed by atoms with van der Waals surface area (Å²) in [5, 5.41) is 6.92. The molecule has 0 unspecified atom stereocenters. The summed E-state index contributed by atoms with van der Waals surface area (Å²) >= 11 is 0. The largest absolute Gasteiger partial charge is 0.382 e. The number of aromatic nitrogens is 2. The molecule has 2 heterocycles. The Bertz CT molecular complexity index is 583. The number of nitrogens with zero attached hydrogens (tertiary/aromatic N) is 3. The molecule has 2 N–H and O–H groups in total. The average molecular weight is 188 g/mol. The molecule has 1 aliphatic rings. The van der Waals surface area contributed by atoms with E-state index in [1.807, 2.05) is 0 Å².